The average molecular weight is 625 g/mol. The first-order chi connectivity index (χ1) is 22.1. The standard InChI is InChI=1S/C35H36N4O7/c1-4-21(3)31(37-29(40)17-22-11-7-6-8-12-22)32(42)36-20-30(41)39-27-19-24(16-15-23(27)18-28(39)35(45)46-5-2)38-33(43)25-13-9-10-14-26(25)34(38)44/h6-16,19,21,28,31H,4-5,17-18,20H2,1-3H3,(H,36,42)(H,37,40)/t21-,28+,31+/m1/s1. The van der Waals surface area contributed by atoms with Crippen LogP contribution in [0.5, 0.6) is 0 Å². The molecule has 3 aromatic carbocycles. The molecule has 2 heterocycles. The molecule has 2 aliphatic heterocycles. The van der Waals surface area contributed by atoms with Crippen molar-refractivity contribution in [3.8, 4) is 0 Å². The minimum Gasteiger partial charge on any atom is -0.464 e. The molecule has 2 N–H and O–H groups in total. The van der Waals surface area contributed by atoms with Crippen LogP contribution in [-0.2, 0) is 36.8 Å². The van der Waals surface area contributed by atoms with E-state index >= 15 is 0 Å². The summed E-state index contributed by atoms with van der Waals surface area (Å²) in [4.78, 5) is 81.5. The molecule has 0 saturated heterocycles. The zero-order valence-electron chi connectivity index (χ0n) is 25.9. The molecule has 0 radical (unpaired) electrons. The Morgan fingerprint density at radius 1 is 0.913 bits per heavy atom. The fourth-order valence-electron chi connectivity index (χ4n) is 5.78. The summed E-state index contributed by atoms with van der Waals surface area (Å²) in [5.41, 5.74) is 2.58. The number of benzene rings is 3. The third-order valence-corrected chi connectivity index (χ3v) is 8.37. The molecule has 0 aliphatic carbocycles. The van der Waals surface area contributed by atoms with E-state index in [4.69, 9.17) is 4.74 Å². The van der Waals surface area contributed by atoms with Crippen molar-refractivity contribution in [2.45, 2.75) is 52.1 Å². The number of ether oxygens (including phenoxy) is 1. The zero-order chi connectivity index (χ0) is 33.0. The maximum Gasteiger partial charge on any atom is 0.329 e. The molecule has 5 rings (SSSR count). The Hall–Kier alpha value is -5.32. The highest BCUT2D eigenvalue weighted by molar-refractivity contribution is 6.34. The lowest BCUT2D eigenvalue weighted by Crippen LogP contribution is -2.53. The van der Waals surface area contributed by atoms with Crippen molar-refractivity contribution in [3.63, 3.8) is 0 Å². The molecule has 0 bridgehead atoms. The first-order valence-electron chi connectivity index (χ1n) is 15.3. The molecule has 11 heteroatoms. The van der Waals surface area contributed by atoms with Crippen molar-refractivity contribution in [2.24, 2.45) is 5.92 Å². The fraction of sp³-hybridized carbons (Fsp3) is 0.314. The molecule has 0 unspecified atom stereocenters. The van der Waals surface area contributed by atoms with Crippen LogP contribution in [0.4, 0.5) is 11.4 Å². The Morgan fingerprint density at radius 2 is 1.57 bits per heavy atom. The molecule has 46 heavy (non-hydrogen) atoms. The fourth-order valence-corrected chi connectivity index (χ4v) is 5.78. The number of imide groups is 1. The number of fused-ring (bicyclic) bond motifs is 2. The number of anilines is 2. The zero-order valence-corrected chi connectivity index (χ0v) is 25.9. The second-order valence-electron chi connectivity index (χ2n) is 11.4. The summed E-state index contributed by atoms with van der Waals surface area (Å²) >= 11 is 0. The molecule has 0 spiro atoms. The van der Waals surface area contributed by atoms with Crippen LogP contribution in [0.1, 0.15) is 59.0 Å². The number of nitrogens with one attached hydrogen (secondary N) is 2. The third kappa shape index (κ3) is 6.39. The van der Waals surface area contributed by atoms with E-state index in [-0.39, 0.29) is 48.1 Å². The van der Waals surface area contributed by atoms with E-state index in [1.165, 1.54) is 11.0 Å². The van der Waals surface area contributed by atoms with Crippen molar-refractivity contribution < 1.29 is 33.5 Å². The van der Waals surface area contributed by atoms with Gasteiger partial charge in [-0.1, -0.05) is 68.8 Å². The van der Waals surface area contributed by atoms with E-state index in [0.717, 1.165) is 10.5 Å². The summed E-state index contributed by atoms with van der Waals surface area (Å²) in [5, 5.41) is 5.45. The van der Waals surface area contributed by atoms with Gasteiger partial charge in [0.25, 0.3) is 11.8 Å². The van der Waals surface area contributed by atoms with Crippen LogP contribution in [0.3, 0.4) is 0 Å². The predicted molar refractivity (Wildman–Crippen MR) is 170 cm³/mol. The van der Waals surface area contributed by atoms with Gasteiger partial charge in [0, 0.05) is 6.42 Å². The summed E-state index contributed by atoms with van der Waals surface area (Å²) in [6.45, 7) is 5.03. The number of carbonyl (C=O) groups excluding carboxylic acids is 6. The van der Waals surface area contributed by atoms with Gasteiger partial charge < -0.3 is 15.4 Å². The van der Waals surface area contributed by atoms with E-state index in [9.17, 15) is 28.8 Å². The normalized spacial score (nSPS) is 16.4. The highest BCUT2D eigenvalue weighted by Gasteiger charge is 2.42. The van der Waals surface area contributed by atoms with Gasteiger partial charge in [0.15, 0.2) is 0 Å². The molecule has 2 aliphatic rings. The van der Waals surface area contributed by atoms with E-state index in [2.05, 4.69) is 10.6 Å². The first-order valence-corrected chi connectivity index (χ1v) is 15.3. The second kappa shape index (κ2) is 13.8. The Labute approximate surface area is 266 Å². The van der Waals surface area contributed by atoms with Crippen molar-refractivity contribution in [3.05, 3.63) is 95.1 Å². The topological polar surface area (TPSA) is 142 Å². The molecule has 3 aromatic rings. The van der Waals surface area contributed by atoms with Crippen molar-refractivity contribution in [1.29, 1.82) is 0 Å². The average Bonchev–Trinajstić information content (AvgIpc) is 3.57. The van der Waals surface area contributed by atoms with Crippen molar-refractivity contribution >= 4 is 46.9 Å². The molecular weight excluding hydrogens is 588 g/mol. The number of amides is 5. The molecule has 0 aromatic heterocycles. The molecular formula is C35H36N4O7. The first kappa shape index (κ1) is 32.1. The lowest BCUT2D eigenvalue weighted by atomic mass is 9.98. The van der Waals surface area contributed by atoms with E-state index in [1.807, 2.05) is 44.2 Å². The van der Waals surface area contributed by atoms with Gasteiger partial charge in [0.1, 0.15) is 12.1 Å². The number of carbonyl (C=O) groups is 6. The summed E-state index contributed by atoms with van der Waals surface area (Å²) in [7, 11) is 0. The number of hydrogen-bond donors (Lipinski definition) is 2. The van der Waals surface area contributed by atoms with E-state index < -0.39 is 48.2 Å². The minimum atomic E-state index is -1.01. The Bertz CT molecular complexity index is 1650. The SMILES string of the molecule is CCOC(=O)[C@@H]1Cc2ccc(N3C(=O)c4ccccc4C3=O)cc2N1C(=O)CNC(=O)[C@@H](NC(=O)Cc1ccccc1)[C@H](C)CC. The van der Waals surface area contributed by atoms with Crippen LogP contribution < -0.4 is 20.4 Å². The largest absolute Gasteiger partial charge is 0.464 e. The van der Waals surface area contributed by atoms with E-state index in [0.29, 0.717) is 17.7 Å². The maximum absolute atomic E-state index is 13.8. The lowest BCUT2D eigenvalue weighted by molar-refractivity contribution is -0.145. The summed E-state index contributed by atoms with van der Waals surface area (Å²) in [6.07, 6.45) is 0.852. The van der Waals surface area contributed by atoms with Gasteiger partial charge in [-0.05, 0) is 48.2 Å². The third-order valence-electron chi connectivity index (χ3n) is 8.37. The molecule has 3 atom stereocenters. The number of rotatable bonds is 11. The van der Waals surface area contributed by atoms with Crippen LogP contribution in [0.25, 0.3) is 0 Å². The number of esters is 1. The van der Waals surface area contributed by atoms with Crippen LogP contribution in [0, 0.1) is 5.92 Å². The highest BCUT2D eigenvalue weighted by Crippen LogP contribution is 2.38. The Morgan fingerprint density at radius 3 is 2.20 bits per heavy atom. The van der Waals surface area contributed by atoms with Gasteiger partial charge in [-0.3, -0.25) is 28.9 Å². The summed E-state index contributed by atoms with van der Waals surface area (Å²) < 4.78 is 5.26. The predicted octanol–water partition coefficient (Wildman–Crippen LogP) is 3.20. The molecule has 238 valence electrons. The van der Waals surface area contributed by atoms with Crippen molar-refractivity contribution in [1.82, 2.24) is 10.6 Å². The Balaban J connectivity index is 1.35. The van der Waals surface area contributed by atoms with Gasteiger partial charge in [0.05, 0.1) is 42.1 Å². The Kier molecular flexibility index (Phi) is 9.60. The number of hydrogen-bond acceptors (Lipinski definition) is 7. The molecule has 11 nitrogen and oxygen atoms in total. The van der Waals surface area contributed by atoms with Gasteiger partial charge in [-0.25, -0.2) is 9.69 Å². The van der Waals surface area contributed by atoms with E-state index in [1.54, 1.807) is 43.3 Å². The van der Waals surface area contributed by atoms with Crippen LogP contribution in [0.2, 0.25) is 0 Å². The lowest BCUT2D eigenvalue weighted by Gasteiger charge is -2.27. The summed E-state index contributed by atoms with van der Waals surface area (Å²) in [5.74, 6) is -3.27. The summed E-state index contributed by atoms with van der Waals surface area (Å²) in [6, 6.07) is 18.6. The second-order valence-corrected chi connectivity index (χ2v) is 11.4. The maximum atomic E-state index is 13.8. The smallest absolute Gasteiger partial charge is 0.329 e. The minimum absolute atomic E-state index is 0.0984. The quantitative estimate of drug-likeness (QED) is 0.247. The van der Waals surface area contributed by atoms with Crippen molar-refractivity contribution in [2.75, 3.05) is 23.0 Å². The molecule has 0 fully saturated rings. The molecule has 5 amide bonds. The van der Waals surface area contributed by atoms with Gasteiger partial charge >= 0.3 is 5.97 Å². The van der Waals surface area contributed by atoms with Gasteiger partial charge in [-0.15, -0.1) is 0 Å². The monoisotopic (exact) mass is 624 g/mol. The van der Waals surface area contributed by atoms with Crippen LogP contribution in [0.15, 0.2) is 72.8 Å². The number of nitrogens with zero attached hydrogens (tertiary/aromatic N) is 2. The van der Waals surface area contributed by atoms with Crippen LogP contribution in [-0.4, -0.2) is 60.7 Å². The van der Waals surface area contributed by atoms with Gasteiger partial charge in [-0.2, -0.15) is 0 Å². The molecule has 0 saturated carbocycles. The highest BCUT2D eigenvalue weighted by atomic mass is 16.5. The van der Waals surface area contributed by atoms with Gasteiger partial charge in [0.2, 0.25) is 17.7 Å². The van der Waals surface area contributed by atoms with Crippen LogP contribution >= 0.6 is 0 Å².